The normalized spacial score (nSPS) is 16.4. The quantitative estimate of drug-likeness (QED) is 0.832. The molecule has 0 aliphatic carbocycles. The molecule has 1 aromatic rings. The molecule has 0 aromatic heterocycles. The van der Waals surface area contributed by atoms with Gasteiger partial charge in [0.1, 0.15) is 5.75 Å². The van der Waals surface area contributed by atoms with E-state index in [0.29, 0.717) is 12.5 Å². The molecule has 104 valence electrons. The van der Waals surface area contributed by atoms with Gasteiger partial charge in [-0.15, -0.1) is 0 Å². The van der Waals surface area contributed by atoms with Crippen LogP contribution in [-0.4, -0.2) is 44.2 Å². The lowest BCUT2D eigenvalue weighted by molar-refractivity contribution is -0.132. The van der Waals surface area contributed by atoms with Crippen LogP contribution in [0.5, 0.6) is 5.75 Å². The molecule has 0 radical (unpaired) electrons. The maximum Gasteiger partial charge on any atom is 0.226 e. The van der Waals surface area contributed by atoms with Crippen LogP contribution < -0.4 is 4.74 Å². The molecule has 1 aliphatic heterocycles. The SMILES string of the molecule is COc1ccc(CC(=O)N2CCC(OC)CC2)cc1. The Bertz CT molecular complexity index is 408. The maximum absolute atomic E-state index is 12.2. The number of methoxy groups -OCH3 is 2. The van der Waals surface area contributed by atoms with Gasteiger partial charge in [-0.2, -0.15) is 0 Å². The van der Waals surface area contributed by atoms with Crippen molar-refractivity contribution in [2.24, 2.45) is 0 Å². The van der Waals surface area contributed by atoms with Crippen molar-refractivity contribution in [1.29, 1.82) is 0 Å². The molecule has 0 N–H and O–H groups in total. The van der Waals surface area contributed by atoms with Crippen LogP contribution in [0.2, 0.25) is 0 Å². The summed E-state index contributed by atoms with van der Waals surface area (Å²) in [6.45, 7) is 1.60. The third-order valence-corrected chi connectivity index (χ3v) is 3.64. The number of rotatable bonds is 4. The first-order chi connectivity index (χ1) is 9.22. The number of carbonyl (C=O) groups is 1. The fraction of sp³-hybridized carbons (Fsp3) is 0.533. The molecule has 0 spiro atoms. The van der Waals surface area contributed by atoms with Gasteiger partial charge in [-0.1, -0.05) is 12.1 Å². The molecule has 1 heterocycles. The number of hydrogen-bond acceptors (Lipinski definition) is 3. The van der Waals surface area contributed by atoms with Crippen LogP contribution in [0.25, 0.3) is 0 Å². The third kappa shape index (κ3) is 3.70. The van der Waals surface area contributed by atoms with Gasteiger partial charge in [-0.05, 0) is 30.5 Å². The highest BCUT2D eigenvalue weighted by atomic mass is 16.5. The predicted octanol–water partition coefficient (Wildman–Crippen LogP) is 1.88. The van der Waals surface area contributed by atoms with E-state index in [1.165, 1.54) is 0 Å². The smallest absolute Gasteiger partial charge is 0.226 e. The molecule has 0 unspecified atom stereocenters. The second kappa shape index (κ2) is 6.57. The fourth-order valence-corrected chi connectivity index (χ4v) is 2.37. The second-order valence-electron chi connectivity index (χ2n) is 4.84. The van der Waals surface area contributed by atoms with Gasteiger partial charge in [0.25, 0.3) is 0 Å². The van der Waals surface area contributed by atoms with E-state index in [2.05, 4.69) is 0 Å². The Balaban J connectivity index is 1.86. The van der Waals surface area contributed by atoms with E-state index in [4.69, 9.17) is 9.47 Å². The number of amides is 1. The van der Waals surface area contributed by atoms with Crippen LogP contribution in [0.4, 0.5) is 0 Å². The fourth-order valence-electron chi connectivity index (χ4n) is 2.37. The molecular weight excluding hydrogens is 242 g/mol. The zero-order valence-electron chi connectivity index (χ0n) is 11.6. The van der Waals surface area contributed by atoms with Crippen LogP contribution in [0, 0.1) is 0 Å². The number of carbonyl (C=O) groups excluding carboxylic acids is 1. The molecular formula is C15H21NO3. The first-order valence-electron chi connectivity index (χ1n) is 6.66. The van der Waals surface area contributed by atoms with Crippen molar-refractivity contribution in [3.63, 3.8) is 0 Å². The number of hydrogen-bond donors (Lipinski definition) is 0. The van der Waals surface area contributed by atoms with Crippen LogP contribution in [0.15, 0.2) is 24.3 Å². The lowest BCUT2D eigenvalue weighted by Gasteiger charge is -2.31. The minimum Gasteiger partial charge on any atom is -0.497 e. The van der Waals surface area contributed by atoms with Gasteiger partial charge in [0.05, 0.1) is 19.6 Å². The van der Waals surface area contributed by atoms with Crippen LogP contribution in [0.1, 0.15) is 18.4 Å². The van der Waals surface area contributed by atoms with Crippen LogP contribution in [-0.2, 0) is 16.0 Å². The molecule has 4 nitrogen and oxygen atoms in total. The summed E-state index contributed by atoms with van der Waals surface area (Å²) in [4.78, 5) is 14.1. The van der Waals surface area contributed by atoms with Crippen molar-refractivity contribution >= 4 is 5.91 Å². The number of nitrogens with zero attached hydrogens (tertiary/aromatic N) is 1. The van der Waals surface area contributed by atoms with Gasteiger partial charge >= 0.3 is 0 Å². The van der Waals surface area contributed by atoms with Crippen molar-refractivity contribution in [2.45, 2.75) is 25.4 Å². The summed E-state index contributed by atoms with van der Waals surface area (Å²) in [6, 6.07) is 7.66. The first-order valence-corrected chi connectivity index (χ1v) is 6.66. The van der Waals surface area contributed by atoms with E-state index in [1.807, 2.05) is 29.2 Å². The van der Waals surface area contributed by atoms with Gasteiger partial charge in [-0.25, -0.2) is 0 Å². The van der Waals surface area contributed by atoms with Crippen molar-refractivity contribution in [1.82, 2.24) is 4.90 Å². The highest BCUT2D eigenvalue weighted by molar-refractivity contribution is 5.78. The van der Waals surface area contributed by atoms with E-state index < -0.39 is 0 Å². The second-order valence-corrected chi connectivity index (χ2v) is 4.84. The molecule has 0 bridgehead atoms. The summed E-state index contributed by atoms with van der Waals surface area (Å²) in [5.41, 5.74) is 1.03. The summed E-state index contributed by atoms with van der Waals surface area (Å²) in [7, 11) is 3.37. The zero-order valence-corrected chi connectivity index (χ0v) is 11.6. The van der Waals surface area contributed by atoms with E-state index >= 15 is 0 Å². The summed E-state index contributed by atoms with van der Waals surface area (Å²) in [5, 5.41) is 0. The van der Waals surface area contributed by atoms with Gasteiger partial charge in [0.2, 0.25) is 5.91 Å². The topological polar surface area (TPSA) is 38.8 Å². The van der Waals surface area contributed by atoms with Crippen molar-refractivity contribution in [2.75, 3.05) is 27.3 Å². The predicted molar refractivity (Wildman–Crippen MR) is 73.3 cm³/mol. The number of piperidine rings is 1. The summed E-state index contributed by atoms with van der Waals surface area (Å²) in [6.07, 6.45) is 2.64. The van der Waals surface area contributed by atoms with Crippen molar-refractivity contribution < 1.29 is 14.3 Å². The van der Waals surface area contributed by atoms with Crippen LogP contribution >= 0.6 is 0 Å². The Hall–Kier alpha value is -1.55. The minimum absolute atomic E-state index is 0.194. The van der Waals surface area contributed by atoms with Gasteiger partial charge in [0.15, 0.2) is 0 Å². The summed E-state index contributed by atoms with van der Waals surface area (Å²) < 4.78 is 10.4. The van der Waals surface area contributed by atoms with E-state index in [-0.39, 0.29) is 5.91 Å². The van der Waals surface area contributed by atoms with Gasteiger partial charge < -0.3 is 14.4 Å². The Morgan fingerprint density at radius 3 is 2.37 bits per heavy atom. The molecule has 0 atom stereocenters. The zero-order chi connectivity index (χ0) is 13.7. The van der Waals surface area contributed by atoms with E-state index in [0.717, 1.165) is 37.2 Å². The third-order valence-electron chi connectivity index (χ3n) is 3.64. The molecule has 1 aliphatic rings. The number of ether oxygens (including phenoxy) is 2. The van der Waals surface area contributed by atoms with Gasteiger partial charge in [-0.3, -0.25) is 4.79 Å². The molecule has 19 heavy (non-hydrogen) atoms. The lowest BCUT2D eigenvalue weighted by Crippen LogP contribution is -2.41. The highest BCUT2D eigenvalue weighted by Gasteiger charge is 2.22. The Morgan fingerprint density at radius 2 is 1.84 bits per heavy atom. The van der Waals surface area contributed by atoms with Crippen molar-refractivity contribution in [3.05, 3.63) is 29.8 Å². The Morgan fingerprint density at radius 1 is 1.21 bits per heavy atom. The Labute approximate surface area is 114 Å². The molecule has 1 fully saturated rings. The molecule has 4 heteroatoms. The lowest BCUT2D eigenvalue weighted by atomic mass is 10.1. The summed E-state index contributed by atoms with van der Waals surface area (Å²) in [5.74, 6) is 1.01. The molecule has 2 rings (SSSR count). The molecule has 0 saturated carbocycles. The van der Waals surface area contributed by atoms with Gasteiger partial charge in [0, 0.05) is 20.2 Å². The number of benzene rings is 1. The first kappa shape index (κ1) is 13.9. The number of likely N-dealkylation sites (tertiary alicyclic amines) is 1. The largest absolute Gasteiger partial charge is 0.497 e. The minimum atomic E-state index is 0.194. The highest BCUT2D eigenvalue weighted by Crippen LogP contribution is 2.16. The van der Waals surface area contributed by atoms with E-state index in [9.17, 15) is 4.79 Å². The molecule has 1 amide bonds. The molecule has 1 aromatic carbocycles. The monoisotopic (exact) mass is 263 g/mol. The average molecular weight is 263 g/mol. The van der Waals surface area contributed by atoms with Crippen LogP contribution in [0.3, 0.4) is 0 Å². The summed E-state index contributed by atoms with van der Waals surface area (Å²) >= 11 is 0. The van der Waals surface area contributed by atoms with Crippen molar-refractivity contribution in [3.8, 4) is 5.75 Å². The maximum atomic E-state index is 12.2. The molecule has 1 saturated heterocycles. The van der Waals surface area contributed by atoms with E-state index in [1.54, 1.807) is 14.2 Å². The standard InChI is InChI=1S/C15H21NO3/c1-18-13-5-3-12(4-6-13)11-15(17)16-9-7-14(19-2)8-10-16/h3-6,14H,7-11H2,1-2H3. The average Bonchev–Trinajstić information content (AvgIpc) is 2.48. The Kier molecular flexibility index (Phi) is 4.80.